The van der Waals surface area contributed by atoms with Gasteiger partial charge in [-0.05, 0) is 61.6 Å². The SMILES string of the molecule is COc1cc(CCC(=O)Nc2cc(F)ccc2N2CCCCC2)cc(OC)c1OC. The largest absolute Gasteiger partial charge is 0.493 e. The van der Waals surface area contributed by atoms with Crippen molar-refractivity contribution in [3.8, 4) is 17.2 Å². The Morgan fingerprint density at radius 3 is 2.27 bits per heavy atom. The lowest BCUT2D eigenvalue weighted by molar-refractivity contribution is -0.116. The third kappa shape index (κ3) is 5.14. The first-order valence-corrected chi connectivity index (χ1v) is 10.2. The van der Waals surface area contributed by atoms with Crippen LogP contribution in [0.2, 0.25) is 0 Å². The number of nitrogens with zero attached hydrogens (tertiary/aromatic N) is 1. The second kappa shape index (κ2) is 10.2. The van der Waals surface area contributed by atoms with Crippen LogP contribution in [-0.4, -0.2) is 40.3 Å². The van der Waals surface area contributed by atoms with Gasteiger partial charge in [-0.2, -0.15) is 0 Å². The fourth-order valence-corrected chi connectivity index (χ4v) is 3.77. The number of hydrogen-bond acceptors (Lipinski definition) is 5. The number of carbonyl (C=O) groups excluding carboxylic acids is 1. The van der Waals surface area contributed by atoms with Gasteiger partial charge in [0.05, 0.1) is 32.7 Å². The number of aryl methyl sites for hydroxylation is 1. The fraction of sp³-hybridized carbons (Fsp3) is 0.435. The molecular weight excluding hydrogens is 387 g/mol. The maximum atomic E-state index is 13.8. The molecule has 1 heterocycles. The Hall–Kier alpha value is -2.96. The van der Waals surface area contributed by atoms with Gasteiger partial charge in [0.2, 0.25) is 11.7 Å². The van der Waals surface area contributed by atoms with Crippen molar-refractivity contribution in [1.29, 1.82) is 0 Å². The molecule has 2 aromatic rings. The van der Waals surface area contributed by atoms with Crippen molar-refractivity contribution in [2.45, 2.75) is 32.1 Å². The molecule has 2 aromatic carbocycles. The Morgan fingerprint density at radius 1 is 1.00 bits per heavy atom. The first kappa shape index (κ1) is 21.7. The lowest BCUT2D eigenvalue weighted by atomic mass is 10.1. The van der Waals surface area contributed by atoms with Crippen LogP contribution in [-0.2, 0) is 11.2 Å². The lowest BCUT2D eigenvalue weighted by Crippen LogP contribution is -2.30. The Labute approximate surface area is 176 Å². The lowest BCUT2D eigenvalue weighted by Gasteiger charge is -2.30. The van der Waals surface area contributed by atoms with Crippen LogP contribution in [0.3, 0.4) is 0 Å². The summed E-state index contributed by atoms with van der Waals surface area (Å²) in [7, 11) is 4.66. The van der Waals surface area contributed by atoms with Crippen LogP contribution in [0.15, 0.2) is 30.3 Å². The van der Waals surface area contributed by atoms with E-state index in [0.29, 0.717) is 29.4 Å². The summed E-state index contributed by atoms with van der Waals surface area (Å²) in [6.07, 6.45) is 4.14. The molecule has 30 heavy (non-hydrogen) atoms. The van der Waals surface area contributed by atoms with Gasteiger partial charge in [0.1, 0.15) is 5.82 Å². The summed E-state index contributed by atoms with van der Waals surface area (Å²) in [5, 5.41) is 2.89. The first-order chi connectivity index (χ1) is 14.5. The van der Waals surface area contributed by atoms with Crippen LogP contribution in [0, 0.1) is 5.82 Å². The van der Waals surface area contributed by atoms with Crippen LogP contribution in [0.5, 0.6) is 17.2 Å². The highest BCUT2D eigenvalue weighted by molar-refractivity contribution is 5.94. The van der Waals surface area contributed by atoms with E-state index in [1.165, 1.54) is 18.6 Å². The van der Waals surface area contributed by atoms with Crippen molar-refractivity contribution >= 4 is 17.3 Å². The molecule has 6 nitrogen and oxygen atoms in total. The van der Waals surface area contributed by atoms with Gasteiger partial charge in [0, 0.05) is 19.5 Å². The standard InChI is InChI=1S/C23H29FN2O4/c1-28-20-13-16(14-21(29-2)23(20)30-3)7-10-22(27)25-18-15-17(24)8-9-19(18)26-11-5-4-6-12-26/h8-9,13-15H,4-7,10-12H2,1-3H3,(H,25,27). The molecule has 1 fully saturated rings. The summed E-state index contributed by atoms with van der Waals surface area (Å²) in [6, 6.07) is 8.23. The molecule has 162 valence electrons. The molecule has 7 heteroatoms. The van der Waals surface area contributed by atoms with Crippen LogP contribution in [0.25, 0.3) is 0 Å². The van der Waals surface area contributed by atoms with Crippen LogP contribution < -0.4 is 24.4 Å². The van der Waals surface area contributed by atoms with Gasteiger partial charge >= 0.3 is 0 Å². The van der Waals surface area contributed by atoms with Gasteiger partial charge < -0.3 is 24.4 Å². The number of carbonyl (C=O) groups is 1. The highest BCUT2D eigenvalue weighted by Gasteiger charge is 2.17. The molecule has 1 saturated heterocycles. The van der Waals surface area contributed by atoms with Crippen molar-refractivity contribution in [2.75, 3.05) is 44.6 Å². The highest BCUT2D eigenvalue weighted by Crippen LogP contribution is 2.38. The van der Waals surface area contributed by atoms with Crippen molar-refractivity contribution in [3.63, 3.8) is 0 Å². The van der Waals surface area contributed by atoms with Gasteiger partial charge in [-0.15, -0.1) is 0 Å². The van der Waals surface area contributed by atoms with E-state index in [2.05, 4.69) is 10.2 Å². The van der Waals surface area contributed by atoms with Crippen molar-refractivity contribution in [2.24, 2.45) is 0 Å². The first-order valence-electron chi connectivity index (χ1n) is 10.2. The van der Waals surface area contributed by atoms with Gasteiger partial charge in [-0.25, -0.2) is 4.39 Å². The van der Waals surface area contributed by atoms with Gasteiger partial charge in [0.25, 0.3) is 0 Å². The molecule has 0 aromatic heterocycles. The molecule has 1 aliphatic heterocycles. The van der Waals surface area contributed by atoms with E-state index in [1.807, 2.05) is 12.1 Å². The summed E-state index contributed by atoms with van der Waals surface area (Å²) < 4.78 is 29.9. The molecule has 0 radical (unpaired) electrons. The van der Waals surface area contributed by atoms with Crippen molar-refractivity contribution in [3.05, 3.63) is 41.7 Å². The number of piperidine rings is 1. The fourth-order valence-electron chi connectivity index (χ4n) is 3.77. The average Bonchev–Trinajstić information content (AvgIpc) is 2.77. The van der Waals surface area contributed by atoms with E-state index in [4.69, 9.17) is 14.2 Å². The quantitative estimate of drug-likeness (QED) is 0.691. The smallest absolute Gasteiger partial charge is 0.224 e. The maximum absolute atomic E-state index is 13.8. The van der Waals surface area contributed by atoms with E-state index < -0.39 is 0 Å². The van der Waals surface area contributed by atoms with Gasteiger partial charge in [0.15, 0.2) is 11.5 Å². The molecule has 1 N–H and O–H groups in total. The second-order valence-electron chi connectivity index (χ2n) is 7.29. The molecule has 1 aliphatic rings. The number of amides is 1. The Balaban J connectivity index is 1.70. The molecule has 1 amide bonds. The molecular formula is C23H29FN2O4. The summed E-state index contributed by atoms with van der Waals surface area (Å²) in [4.78, 5) is 14.8. The molecule has 0 atom stereocenters. The number of ether oxygens (including phenoxy) is 3. The van der Waals surface area contributed by atoms with E-state index in [0.717, 1.165) is 37.2 Å². The highest BCUT2D eigenvalue weighted by atomic mass is 19.1. The third-order valence-corrected chi connectivity index (χ3v) is 5.29. The normalized spacial score (nSPS) is 13.7. The zero-order valence-electron chi connectivity index (χ0n) is 17.8. The summed E-state index contributed by atoms with van der Waals surface area (Å²) >= 11 is 0. The molecule has 0 saturated carbocycles. The monoisotopic (exact) mass is 416 g/mol. The summed E-state index contributed by atoms with van der Waals surface area (Å²) in [5.74, 6) is 1.07. The molecule has 0 bridgehead atoms. The maximum Gasteiger partial charge on any atom is 0.224 e. The van der Waals surface area contributed by atoms with E-state index in [9.17, 15) is 9.18 Å². The third-order valence-electron chi connectivity index (χ3n) is 5.29. The number of benzene rings is 2. The Morgan fingerprint density at radius 2 is 1.67 bits per heavy atom. The number of rotatable bonds is 8. The summed E-state index contributed by atoms with van der Waals surface area (Å²) in [6.45, 7) is 1.83. The second-order valence-corrected chi connectivity index (χ2v) is 7.29. The minimum absolute atomic E-state index is 0.174. The zero-order chi connectivity index (χ0) is 21.5. The van der Waals surface area contributed by atoms with E-state index in [-0.39, 0.29) is 18.1 Å². The van der Waals surface area contributed by atoms with Crippen molar-refractivity contribution < 1.29 is 23.4 Å². The van der Waals surface area contributed by atoms with Crippen LogP contribution in [0.1, 0.15) is 31.2 Å². The Kier molecular flexibility index (Phi) is 7.38. The Bertz CT molecular complexity index is 856. The number of halogens is 1. The predicted octanol–water partition coefficient (Wildman–Crippen LogP) is 4.41. The van der Waals surface area contributed by atoms with E-state index in [1.54, 1.807) is 27.4 Å². The molecule has 0 spiro atoms. The minimum atomic E-state index is -0.365. The summed E-state index contributed by atoms with van der Waals surface area (Å²) in [5.41, 5.74) is 2.28. The zero-order valence-corrected chi connectivity index (χ0v) is 17.8. The predicted molar refractivity (Wildman–Crippen MR) is 116 cm³/mol. The van der Waals surface area contributed by atoms with Gasteiger partial charge in [-0.3, -0.25) is 4.79 Å². The van der Waals surface area contributed by atoms with E-state index >= 15 is 0 Å². The molecule has 0 aliphatic carbocycles. The number of anilines is 2. The molecule has 0 unspecified atom stereocenters. The van der Waals surface area contributed by atoms with Crippen LogP contribution >= 0.6 is 0 Å². The van der Waals surface area contributed by atoms with Gasteiger partial charge in [-0.1, -0.05) is 0 Å². The number of nitrogens with one attached hydrogen (secondary N) is 1. The number of hydrogen-bond donors (Lipinski definition) is 1. The number of methoxy groups -OCH3 is 3. The minimum Gasteiger partial charge on any atom is -0.493 e. The van der Waals surface area contributed by atoms with Crippen molar-refractivity contribution in [1.82, 2.24) is 0 Å². The average molecular weight is 416 g/mol. The topological polar surface area (TPSA) is 60.0 Å². The van der Waals surface area contributed by atoms with Crippen LogP contribution in [0.4, 0.5) is 15.8 Å². The molecule has 3 rings (SSSR count).